The van der Waals surface area contributed by atoms with E-state index in [1.807, 2.05) is 0 Å². The predicted octanol–water partition coefficient (Wildman–Crippen LogP) is 1.97. The van der Waals surface area contributed by atoms with E-state index >= 15 is 0 Å². The van der Waals surface area contributed by atoms with Crippen molar-refractivity contribution in [3.05, 3.63) is 28.6 Å². The van der Waals surface area contributed by atoms with Gasteiger partial charge in [0, 0.05) is 23.6 Å². The minimum Gasteiger partial charge on any atom is -0.508 e. The van der Waals surface area contributed by atoms with Gasteiger partial charge in [-0.25, -0.2) is 4.39 Å². The maximum absolute atomic E-state index is 13.2. The molecule has 0 radical (unpaired) electrons. The Morgan fingerprint density at radius 1 is 1.46 bits per heavy atom. The minimum atomic E-state index is -0.469. The quantitative estimate of drug-likeness (QED) is 0.662. The van der Waals surface area contributed by atoms with Crippen molar-refractivity contribution in [3.63, 3.8) is 0 Å². The van der Waals surface area contributed by atoms with Crippen LogP contribution in [0.2, 0.25) is 0 Å². The number of carbonyl (C=O) groups excluding carboxylic acids is 1. The summed E-state index contributed by atoms with van der Waals surface area (Å²) >= 11 is 0. The molecule has 0 aliphatic heterocycles. The Morgan fingerprint density at radius 3 is 2.85 bits per heavy atom. The summed E-state index contributed by atoms with van der Waals surface area (Å²) in [4.78, 5) is 11.3. The second-order valence-corrected chi connectivity index (χ2v) is 3.28. The minimum absolute atomic E-state index is 0.0673. The summed E-state index contributed by atoms with van der Waals surface area (Å²) in [5.74, 6) is -0.669. The van der Waals surface area contributed by atoms with Gasteiger partial charge >= 0.3 is 0 Å². The van der Waals surface area contributed by atoms with E-state index in [2.05, 4.69) is 0 Å². The Labute approximate surface area is 75.0 Å². The number of aromatic hydroxyl groups is 1. The molecule has 3 heteroatoms. The van der Waals surface area contributed by atoms with Crippen molar-refractivity contribution < 1.29 is 14.3 Å². The normalized spacial score (nSPS) is 14.8. The van der Waals surface area contributed by atoms with Crippen LogP contribution in [0.15, 0.2) is 6.07 Å². The van der Waals surface area contributed by atoms with Crippen LogP contribution in [0.4, 0.5) is 4.39 Å². The number of hydrogen-bond acceptors (Lipinski definition) is 2. The van der Waals surface area contributed by atoms with E-state index in [0.717, 1.165) is 6.07 Å². The summed E-state index contributed by atoms with van der Waals surface area (Å²) in [6, 6.07) is 1.08. The molecule has 0 aromatic heterocycles. The lowest BCUT2D eigenvalue weighted by atomic mass is 10.0. The first-order valence-electron chi connectivity index (χ1n) is 4.15. The fraction of sp³-hybridized carbons (Fsp3) is 0.300. The molecule has 0 saturated heterocycles. The first kappa shape index (κ1) is 8.23. The average Bonchev–Trinajstić information content (AvgIpc) is 2.44. The summed E-state index contributed by atoms with van der Waals surface area (Å²) in [6.45, 7) is 1.64. The van der Waals surface area contributed by atoms with Crippen LogP contribution >= 0.6 is 0 Å². The van der Waals surface area contributed by atoms with Gasteiger partial charge in [-0.15, -0.1) is 0 Å². The lowest BCUT2D eigenvalue weighted by Gasteiger charge is -2.05. The largest absolute Gasteiger partial charge is 0.508 e. The molecule has 1 aromatic rings. The van der Waals surface area contributed by atoms with Crippen LogP contribution < -0.4 is 0 Å². The number of Topliss-reactive ketones (excluding diaryl/α,β-unsaturated/α-hetero) is 1. The maximum Gasteiger partial charge on any atom is 0.163 e. The lowest BCUT2D eigenvalue weighted by Crippen LogP contribution is -1.97. The van der Waals surface area contributed by atoms with Gasteiger partial charge in [0.15, 0.2) is 5.78 Å². The zero-order valence-corrected chi connectivity index (χ0v) is 7.22. The van der Waals surface area contributed by atoms with Crippen molar-refractivity contribution in [2.24, 2.45) is 0 Å². The number of carbonyl (C=O) groups is 1. The third-order valence-electron chi connectivity index (χ3n) is 2.49. The highest BCUT2D eigenvalue weighted by molar-refractivity contribution is 6.02. The Hall–Kier alpha value is -1.38. The molecule has 0 saturated carbocycles. The standard InChI is InChI=1S/C10H9FO2/c1-5-9(13)4-7(11)6-2-3-8(12)10(5)6/h4,13H,2-3H2,1H3. The molecule has 1 aliphatic rings. The van der Waals surface area contributed by atoms with Gasteiger partial charge in [0.1, 0.15) is 11.6 Å². The molecule has 0 amide bonds. The molecule has 2 rings (SSSR count). The Bertz CT molecular complexity index is 396. The Balaban J connectivity index is 2.77. The number of hydrogen-bond donors (Lipinski definition) is 1. The van der Waals surface area contributed by atoms with Crippen LogP contribution in [0, 0.1) is 12.7 Å². The number of phenols is 1. The predicted molar refractivity (Wildman–Crippen MR) is 45.5 cm³/mol. The van der Waals surface area contributed by atoms with Gasteiger partial charge in [-0.2, -0.15) is 0 Å². The van der Waals surface area contributed by atoms with Gasteiger partial charge in [-0.3, -0.25) is 4.79 Å². The molecule has 1 aromatic carbocycles. The van der Waals surface area contributed by atoms with Crippen molar-refractivity contribution in [2.45, 2.75) is 19.8 Å². The van der Waals surface area contributed by atoms with Crippen LogP contribution in [0.25, 0.3) is 0 Å². The second kappa shape index (κ2) is 2.55. The molecule has 0 spiro atoms. The van der Waals surface area contributed by atoms with E-state index in [9.17, 15) is 14.3 Å². The molecule has 0 atom stereocenters. The van der Waals surface area contributed by atoms with Crippen LogP contribution in [0.3, 0.4) is 0 Å². The molecule has 1 N–H and O–H groups in total. The van der Waals surface area contributed by atoms with Crippen molar-refractivity contribution in [2.75, 3.05) is 0 Å². The smallest absolute Gasteiger partial charge is 0.163 e. The number of halogens is 1. The fourth-order valence-electron chi connectivity index (χ4n) is 1.77. The van der Waals surface area contributed by atoms with Crippen molar-refractivity contribution in [1.29, 1.82) is 0 Å². The molecule has 1 aliphatic carbocycles. The zero-order chi connectivity index (χ0) is 9.59. The molecular weight excluding hydrogens is 171 g/mol. The summed E-state index contributed by atoms with van der Waals surface area (Å²) in [7, 11) is 0. The van der Waals surface area contributed by atoms with Gasteiger partial charge in [0.05, 0.1) is 0 Å². The lowest BCUT2D eigenvalue weighted by molar-refractivity contribution is 0.0993. The van der Waals surface area contributed by atoms with E-state index in [1.54, 1.807) is 6.92 Å². The SMILES string of the molecule is Cc1c(O)cc(F)c2c1C(=O)CC2. The molecule has 2 nitrogen and oxygen atoms in total. The third-order valence-corrected chi connectivity index (χ3v) is 2.49. The second-order valence-electron chi connectivity index (χ2n) is 3.28. The summed E-state index contributed by atoms with van der Waals surface area (Å²) in [5.41, 5.74) is 1.34. The summed E-state index contributed by atoms with van der Waals surface area (Å²) < 4.78 is 13.2. The molecule has 0 bridgehead atoms. The number of ketones is 1. The Kier molecular flexibility index (Phi) is 1.62. The molecular formula is C10H9FO2. The summed E-state index contributed by atoms with van der Waals surface area (Å²) in [6.07, 6.45) is 0.817. The van der Waals surface area contributed by atoms with Crippen molar-refractivity contribution in [1.82, 2.24) is 0 Å². The number of benzene rings is 1. The highest BCUT2D eigenvalue weighted by Crippen LogP contribution is 2.32. The molecule has 0 fully saturated rings. The van der Waals surface area contributed by atoms with Crippen LogP contribution in [0.5, 0.6) is 5.75 Å². The van der Waals surface area contributed by atoms with E-state index < -0.39 is 5.82 Å². The topological polar surface area (TPSA) is 37.3 Å². The van der Waals surface area contributed by atoms with Crippen molar-refractivity contribution >= 4 is 5.78 Å². The van der Waals surface area contributed by atoms with E-state index in [4.69, 9.17) is 0 Å². The molecule has 68 valence electrons. The van der Waals surface area contributed by atoms with Crippen molar-refractivity contribution in [3.8, 4) is 5.75 Å². The van der Waals surface area contributed by atoms with Gasteiger partial charge in [0.25, 0.3) is 0 Å². The Morgan fingerprint density at radius 2 is 2.15 bits per heavy atom. The highest BCUT2D eigenvalue weighted by Gasteiger charge is 2.26. The fourth-order valence-corrected chi connectivity index (χ4v) is 1.77. The number of phenolic OH excluding ortho intramolecular Hbond substituents is 1. The first-order valence-corrected chi connectivity index (χ1v) is 4.15. The number of rotatable bonds is 0. The monoisotopic (exact) mass is 180 g/mol. The zero-order valence-electron chi connectivity index (χ0n) is 7.22. The van der Waals surface area contributed by atoms with Crippen LogP contribution in [0.1, 0.15) is 27.9 Å². The summed E-state index contributed by atoms with van der Waals surface area (Å²) in [5, 5.41) is 9.29. The number of fused-ring (bicyclic) bond motifs is 1. The van der Waals surface area contributed by atoms with E-state index in [1.165, 1.54) is 0 Å². The van der Waals surface area contributed by atoms with Gasteiger partial charge < -0.3 is 5.11 Å². The van der Waals surface area contributed by atoms with Gasteiger partial charge in [-0.1, -0.05) is 0 Å². The van der Waals surface area contributed by atoms with E-state index in [0.29, 0.717) is 29.5 Å². The molecule has 0 unspecified atom stereocenters. The van der Waals surface area contributed by atoms with Gasteiger partial charge in [-0.05, 0) is 18.9 Å². The highest BCUT2D eigenvalue weighted by atomic mass is 19.1. The average molecular weight is 180 g/mol. The van der Waals surface area contributed by atoms with Crippen LogP contribution in [-0.2, 0) is 6.42 Å². The molecule has 0 heterocycles. The third kappa shape index (κ3) is 1.03. The maximum atomic E-state index is 13.2. The molecule has 13 heavy (non-hydrogen) atoms. The van der Waals surface area contributed by atoms with Gasteiger partial charge in [0.2, 0.25) is 0 Å². The van der Waals surface area contributed by atoms with Crippen LogP contribution in [-0.4, -0.2) is 10.9 Å². The van der Waals surface area contributed by atoms with E-state index in [-0.39, 0.29) is 11.5 Å². The first-order chi connectivity index (χ1) is 6.11.